The molecule has 182 valence electrons. The average Bonchev–Trinajstić information content (AvgIpc) is 3.33. The second-order valence-corrected chi connectivity index (χ2v) is 9.79. The molecule has 3 heterocycles. The first-order chi connectivity index (χ1) is 16.8. The summed E-state index contributed by atoms with van der Waals surface area (Å²) < 4.78 is 7.07. The van der Waals surface area contributed by atoms with Gasteiger partial charge in [0.15, 0.2) is 0 Å². The fourth-order valence-corrected chi connectivity index (χ4v) is 5.21. The Morgan fingerprint density at radius 3 is 2.66 bits per heavy atom. The number of carbonyl (C=O) groups is 1. The number of nitrogens with zero attached hydrogens (tertiary/aromatic N) is 3. The molecule has 0 spiro atoms. The Labute approximate surface area is 208 Å². The number of aromatic nitrogens is 1. The van der Waals surface area contributed by atoms with Crippen LogP contribution in [0.25, 0.3) is 21.9 Å². The summed E-state index contributed by atoms with van der Waals surface area (Å²) in [6.45, 7) is 2.30. The van der Waals surface area contributed by atoms with Gasteiger partial charge in [-0.25, -0.2) is 0 Å². The van der Waals surface area contributed by atoms with E-state index in [0.29, 0.717) is 17.3 Å². The van der Waals surface area contributed by atoms with Crippen LogP contribution >= 0.6 is 11.6 Å². The van der Waals surface area contributed by atoms with Crippen LogP contribution in [0.1, 0.15) is 28.8 Å². The molecule has 2 aromatic carbocycles. The maximum absolute atomic E-state index is 13.6. The first kappa shape index (κ1) is 23.5. The van der Waals surface area contributed by atoms with E-state index in [-0.39, 0.29) is 23.1 Å². The number of anilines is 1. The molecule has 5 rings (SSSR count). The fourth-order valence-electron chi connectivity index (χ4n) is 5.04. The van der Waals surface area contributed by atoms with Gasteiger partial charge in [0.25, 0.3) is 11.5 Å². The van der Waals surface area contributed by atoms with E-state index < -0.39 is 0 Å². The number of fused-ring (bicyclic) bond motifs is 2. The maximum Gasteiger partial charge on any atom is 0.265 e. The molecule has 35 heavy (non-hydrogen) atoms. The van der Waals surface area contributed by atoms with Gasteiger partial charge in [-0.2, -0.15) is 0 Å². The molecule has 1 amide bonds. The van der Waals surface area contributed by atoms with Crippen LogP contribution in [-0.2, 0) is 13.6 Å². The van der Waals surface area contributed by atoms with E-state index in [2.05, 4.69) is 16.3 Å². The molecule has 7 nitrogen and oxygen atoms in total. The van der Waals surface area contributed by atoms with Gasteiger partial charge in [-0.3, -0.25) is 9.59 Å². The normalized spacial score (nSPS) is 14.5. The van der Waals surface area contributed by atoms with E-state index in [1.54, 1.807) is 38.0 Å². The number of hydrogen-bond donors (Lipinski definition) is 1. The highest BCUT2D eigenvalue weighted by molar-refractivity contribution is 6.31. The zero-order chi connectivity index (χ0) is 24.7. The van der Waals surface area contributed by atoms with Crippen molar-refractivity contribution >= 4 is 45.1 Å². The van der Waals surface area contributed by atoms with Crippen molar-refractivity contribution in [3.05, 3.63) is 75.2 Å². The summed E-state index contributed by atoms with van der Waals surface area (Å²) in [5.41, 5.74) is 3.18. The lowest BCUT2D eigenvalue weighted by molar-refractivity contribution is 0.0826. The third-order valence-electron chi connectivity index (χ3n) is 6.86. The molecule has 4 aromatic rings. The lowest BCUT2D eigenvalue weighted by Gasteiger charge is -2.38. The zero-order valence-corrected chi connectivity index (χ0v) is 20.9. The number of piperidine rings is 1. The van der Waals surface area contributed by atoms with Crippen molar-refractivity contribution in [3.8, 4) is 0 Å². The molecule has 8 heteroatoms. The molecule has 0 atom stereocenters. The number of aryl methyl sites for hydroxylation is 1. The van der Waals surface area contributed by atoms with E-state index >= 15 is 0 Å². The van der Waals surface area contributed by atoms with Gasteiger partial charge in [0.05, 0.1) is 17.5 Å². The number of amides is 1. The maximum atomic E-state index is 13.6. The summed E-state index contributed by atoms with van der Waals surface area (Å²) in [6, 6.07) is 13.7. The van der Waals surface area contributed by atoms with Crippen LogP contribution in [-0.4, -0.2) is 48.6 Å². The van der Waals surface area contributed by atoms with Crippen molar-refractivity contribution in [2.24, 2.45) is 7.05 Å². The zero-order valence-electron chi connectivity index (χ0n) is 20.2. The third kappa shape index (κ3) is 4.30. The van der Waals surface area contributed by atoms with Gasteiger partial charge in [0, 0.05) is 49.5 Å². The Balaban J connectivity index is 1.78. The fraction of sp³-hybridized carbons (Fsp3) is 0.333. The average molecular weight is 493 g/mol. The molecule has 1 N–H and O–H groups in total. The number of benzene rings is 2. The monoisotopic (exact) mass is 492 g/mol. The van der Waals surface area contributed by atoms with Crippen molar-refractivity contribution in [1.29, 1.82) is 0 Å². The molecular formula is C27H29ClN4O3. The number of halogens is 1. The van der Waals surface area contributed by atoms with Gasteiger partial charge < -0.3 is 24.1 Å². The smallest absolute Gasteiger partial charge is 0.265 e. The van der Waals surface area contributed by atoms with Crippen LogP contribution in [0.15, 0.2) is 57.9 Å². The van der Waals surface area contributed by atoms with Crippen molar-refractivity contribution in [2.45, 2.75) is 25.4 Å². The topological polar surface area (TPSA) is 70.7 Å². The van der Waals surface area contributed by atoms with Gasteiger partial charge >= 0.3 is 0 Å². The van der Waals surface area contributed by atoms with Crippen LogP contribution in [0.2, 0.25) is 5.02 Å². The van der Waals surface area contributed by atoms with E-state index in [0.717, 1.165) is 53.4 Å². The van der Waals surface area contributed by atoms with E-state index in [1.807, 2.05) is 30.3 Å². The second kappa shape index (κ2) is 9.40. The van der Waals surface area contributed by atoms with Gasteiger partial charge in [-0.15, -0.1) is 0 Å². The Morgan fingerprint density at radius 1 is 1.14 bits per heavy atom. The molecule has 1 saturated heterocycles. The van der Waals surface area contributed by atoms with Crippen molar-refractivity contribution in [3.63, 3.8) is 0 Å². The number of rotatable bonds is 5. The third-order valence-corrected chi connectivity index (χ3v) is 7.09. The highest BCUT2D eigenvalue weighted by Gasteiger charge is 2.31. The SMILES string of the molecule is CN(C)C(=O)c1c(N(Cc2ccc3occc3c2)C2CCNCC2)c2cc(Cl)ccc2n(C)c1=O. The van der Waals surface area contributed by atoms with E-state index in [4.69, 9.17) is 16.0 Å². The first-order valence-corrected chi connectivity index (χ1v) is 12.2. The first-order valence-electron chi connectivity index (χ1n) is 11.8. The predicted octanol–water partition coefficient (Wildman–Crippen LogP) is 4.40. The predicted molar refractivity (Wildman–Crippen MR) is 141 cm³/mol. The van der Waals surface area contributed by atoms with Crippen LogP contribution in [0.3, 0.4) is 0 Å². The summed E-state index contributed by atoms with van der Waals surface area (Å²) in [5, 5.41) is 5.81. The lowest BCUT2D eigenvalue weighted by Crippen LogP contribution is -2.45. The number of hydrogen-bond acceptors (Lipinski definition) is 5. The summed E-state index contributed by atoms with van der Waals surface area (Å²) in [6.07, 6.45) is 3.49. The molecule has 1 aliphatic heterocycles. The van der Waals surface area contributed by atoms with E-state index in [1.165, 1.54) is 4.90 Å². The van der Waals surface area contributed by atoms with Crippen LogP contribution < -0.4 is 15.8 Å². The minimum Gasteiger partial charge on any atom is -0.464 e. The number of carbonyl (C=O) groups excluding carboxylic acids is 1. The Morgan fingerprint density at radius 2 is 1.91 bits per heavy atom. The number of pyridine rings is 1. The molecule has 1 fully saturated rings. The molecule has 0 aliphatic carbocycles. The van der Waals surface area contributed by atoms with Crippen molar-refractivity contribution in [2.75, 3.05) is 32.1 Å². The van der Waals surface area contributed by atoms with Gasteiger partial charge in [-0.1, -0.05) is 17.7 Å². The van der Waals surface area contributed by atoms with Crippen molar-refractivity contribution < 1.29 is 9.21 Å². The molecule has 0 saturated carbocycles. The Hall–Kier alpha value is -3.29. The standard InChI is InChI=1S/C27H29ClN4O3/c1-30(2)26(33)24-25(21-15-19(28)5-6-22(21)31(3)27(24)34)32(20-8-11-29-12-9-20)16-17-4-7-23-18(14-17)10-13-35-23/h4-7,10,13-15,20,29H,8-9,11-12,16H2,1-3H3. The summed E-state index contributed by atoms with van der Waals surface area (Å²) >= 11 is 6.46. The highest BCUT2D eigenvalue weighted by atomic mass is 35.5. The minimum absolute atomic E-state index is 0.152. The highest BCUT2D eigenvalue weighted by Crippen LogP contribution is 2.35. The van der Waals surface area contributed by atoms with E-state index in [9.17, 15) is 9.59 Å². The number of furan rings is 1. The quantitative estimate of drug-likeness (QED) is 0.447. The largest absolute Gasteiger partial charge is 0.464 e. The van der Waals surface area contributed by atoms with Crippen LogP contribution in [0.4, 0.5) is 5.69 Å². The molecule has 0 radical (unpaired) electrons. The summed E-state index contributed by atoms with van der Waals surface area (Å²) in [7, 11) is 5.06. The summed E-state index contributed by atoms with van der Waals surface area (Å²) in [5.74, 6) is -0.313. The van der Waals surface area contributed by atoms with Crippen LogP contribution in [0.5, 0.6) is 0 Å². The Bertz CT molecular complexity index is 1470. The van der Waals surface area contributed by atoms with Gasteiger partial charge in [-0.05, 0) is 67.9 Å². The Kier molecular flexibility index (Phi) is 6.30. The summed E-state index contributed by atoms with van der Waals surface area (Å²) in [4.78, 5) is 30.8. The molecular weight excluding hydrogens is 464 g/mol. The molecule has 0 unspecified atom stereocenters. The minimum atomic E-state index is -0.313. The van der Waals surface area contributed by atoms with Crippen molar-refractivity contribution in [1.82, 2.24) is 14.8 Å². The van der Waals surface area contributed by atoms with Gasteiger partial charge in [0.2, 0.25) is 0 Å². The van der Waals surface area contributed by atoms with Gasteiger partial charge in [0.1, 0.15) is 11.1 Å². The second-order valence-electron chi connectivity index (χ2n) is 9.35. The molecule has 1 aliphatic rings. The molecule has 2 aromatic heterocycles. The molecule has 0 bridgehead atoms. The lowest BCUT2D eigenvalue weighted by atomic mass is 9.98. The number of nitrogens with one attached hydrogen (secondary N) is 1. The van der Waals surface area contributed by atoms with Crippen LogP contribution in [0, 0.1) is 0 Å².